The largest absolute Gasteiger partial charge is 0.234 e. The van der Waals surface area contributed by atoms with Gasteiger partial charge >= 0.3 is 0 Å². The summed E-state index contributed by atoms with van der Waals surface area (Å²) in [6.45, 7) is 0.864. The molecule has 0 aliphatic heterocycles. The highest BCUT2D eigenvalue weighted by molar-refractivity contribution is 5.14. The first kappa shape index (κ1) is 8.24. The summed E-state index contributed by atoms with van der Waals surface area (Å²) in [5.41, 5.74) is 0.576. The molecular weight excluding hydrogens is 164 g/mol. The maximum Gasteiger partial charge on any atom is 0.158 e. The van der Waals surface area contributed by atoms with E-state index in [9.17, 15) is 0 Å². The minimum absolute atomic E-state index is 0.576. The van der Waals surface area contributed by atoms with E-state index in [-0.39, 0.29) is 0 Å². The molecule has 1 heterocycles. The van der Waals surface area contributed by atoms with Gasteiger partial charge in [0.15, 0.2) is 5.69 Å². The van der Waals surface area contributed by atoms with E-state index in [1.54, 1.807) is 4.68 Å². The molecule has 4 heteroatoms. The van der Waals surface area contributed by atoms with Crippen molar-refractivity contribution in [2.75, 3.05) is 0 Å². The third-order valence-electron chi connectivity index (χ3n) is 2.64. The van der Waals surface area contributed by atoms with Crippen molar-refractivity contribution >= 4 is 0 Å². The van der Waals surface area contributed by atoms with Crippen molar-refractivity contribution in [3.8, 4) is 6.07 Å². The second-order valence-corrected chi connectivity index (χ2v) is 3.56. The summed E-state index contributed by atoms with van der Waals surface area (Å²) in [4.78, 5) is 0. The van der Waals surface area contributed by atoms with Crippen LogP contribution in [0.4, 0.5) is 0 Å². The van der Waals surface area contributed by atoms with Crippen LogP contribution in [-0.4, -0.2) is 15.0 Å². The second kappa shape index (κ2) is 3.56. The van der Waals surface area contributed by atoms with E-state index < -0.39 is 0 Å². The summed E-state index contributed by atoms with van der Waals surface area (Å²) in [5, 5.41) is 16.4. The second-order valence-electron chi connectivity index (χ2n) is 3.56. The lowest BCUT2D eigenvalue weighted by Gasteiger charge is -2.07. The molecule has 2 rings (SSSR count). The normalized spacial score (nSPS) is 17.5. The Morgan fingerprint density at radius 1 is 1.54 bits per heavy atom. The quantitative estimate of drug-likeness (QED) is 0.683. The molecule has 1 aromatic rings. The van der Waals surface area contributed by atoms with E-state index in [0.717, 1.165) is 6.54 Å². The molecule has 0 amide bonds. The van der Waals surface area contributed by atoms with Gasteiger partial charge in [-0.25, -0.2) is 4.68 Å². The molecule has 0 saturated heterocycles. The van der Waals surface area contributed by atoms with Gasteiger partial charge in [0.05, 0.1) is 6.20 Å². The van der Waals surface area contributed by atoms with Crippen LogP contribution in [0.3, 0.4) is 0 Å². The molecule has 1 saturated carbocycles. The van der Waals surface area contributed by atoms with E-state index in [4.69, 9.17) is 5.26 Å². The minimum atomic E-state index is 0.576. The van der Waals surface area contributed by atoms with Crippen molar-refractivity contribution < 1.29 is 0 Å². The standard InChI is InChI=1S/C9H12N4/c10-5-9-6-11-12-13(9)7-8-3-1-2-4-8/h6,8H,1-4,7H2. The van der Waals surface area contributed by atoms with Crippen LogP contribution in [0.25, 0.3) is 0 Å². The van der Waals surface area contributed by atoms with E-state index in [0.29, 0.717) is 11.6 Å². The first-order chi connectivity index (χ1) is 6.40. The van der Waals surface area contributed by atoms with Crippen molar-refractivity contribution in [3.05, 3.63) is 11.9 Å². The Hall–Kier alpha value is -1.37. The average molecular weight is 176 g/mol. The summed E-state index contributed by atoms with van der Waals surface area (Å²) in [5.74, 6) is 0.703. The molecule has 0 N–H and O–H groups in total. The molecule has 68 valence electrons. The third-order valence-corrected chi connectivity index (χ3v) is 2.64. The molecule has 0 radical (unpaired) electrons. The van der Waals surface area contributed by atoms with Crippen LogP contribution in [0.15, 0.2) is 6.20 Å². The van der Waals surface area contributed by atoms with Gasteiger partial charge < -0.3 is 0 Å². The molecule has 13 heavy (non-hydrogen) atoms. The SMILES string of the molecule is N#Cc1cnnn1CC1CCCC1. The zero-order valence-electron chi connectivity index (χ0n) is 7.48. The summed E-state index contributed by atoms with van der Waals surface area (Å²) in [6, 6.07) is 2.09. The lowest BCUT2D eigenvalue weighted by atomic mass is 10.1. The first-order valence-electron chi connectivity index (χ1n) is 4.69. The van der Waals surface area contributed by atoms with Crippen LogP contribution in [0.5, 0.6) is 0 Å². The van der Waals surface area contributed by atoms with Crippen LogP contribution in [0.2, 0.25) is 0 Å². The van der Waals surface area contributed by atoms with Crippen molar-refractivity contribution in [1.29, 1.82) is 5.26 Å². The number of hydrogen-bond acceptors (Lipinski definition) is 3. The Morgan fingerprint density at radius 3 is 3.00 bits per heavy atom. The van der Waals surface area contributed by atoms with Crippen molar-refractivity contribution in [3.63, 3.8) is 0 Å². The number of aromatic nitrogens is 3. The fourth-order valence-corrected chi connectivity index (χ4v) is 1.92. The molecule has 0 spiro atoms. The maximum atomic E-state index is 8.73. The molecule has 0 unspecified atom stereocenters. The van der Waals surface area contributed by atoms with E-state index in [1.165, 1.54) is 31.9 Å². The van der Waals surface area contributed by atoms with Gasteiger partial charge in [0.1, 0.15) is 6.07 Å². The molecule has 0 atom stereocenters. The molecular formula is C9H12N4. The highest BCUT2D eigenvalue weighted by atomic mass is 15.4. The topological polar surface area (TPSA) is 54.5 Å². The Bertz CT molecular complexity index is 317. The third kappa shape index (κ3) is 1.69. The highest BCUT2D eigenvalue weighted by Gasteiger charge is 2.17. The molecule has 0 aromatic carbocycles. The summed E-state index contributed by atoms with van der Waals surface area (Å²) < 4.78 is 1.72. The van der Waals surface area contributed by atoms with Crippen LogP contribution in [0, 0.1) is 17.2 Å². The van der Waals surface area contributed by atoms with Crippen molar-refractivity contribution in [1.82, 2.24) is 15.0 Å². The van der Waals surface area contributed by atoms with Gasteiger partial charge in [-0.1, -0.05) is 18.1 Å². The summed E-state index contributed by atoms with van der Waals surface area (Å²) in [6.07, 6.45) is 6.70. The number of nitriles is 1. The Morgan fingerprint density at radius 2 is 2.31 bits per heavy atom. The predicted octanol–water partition coefficient (Wildman–Crippen LogP) is 1.34. The van der Waals surface area contributed by atoms with Gasteiger partial charge in [-0.05, 0) is 18.8 Å². The van der Waals surface area contributed by atoms with Crippen LogP contribution >= 0.6 is 0 Å². The predicted molar refractivity (Wildman–Crippen MR) is 46.7 cm³/mol. The van der Waals surface area contributed by atoms with Gasteiger partial charge in [0.2, 0.25) is 0 Å². The smallest absolute Gasteiger partial charge is 0.158 e. The van der Waals surface area contributed by atoms with E-state index in [2.05, 4.69) is 16.4 Å². The molecule has 4 nitrogen and oxygen atoms in total. The van der Waals surface area contributed by atoms with Gasteiger partial charge in [-0.2, -0.15) is 5.26 Å². The number of rotatable bonds is 2. The molecule has 0 bridgehead atoms. The minimum Gasteiger partial charge on any atom is -0.234 e. The Balaban J connectivity index is 2.04. The maximum absolute atomic E-state index is 8.73. The lowest BCUT2D eigenvalue weighted by Crippen LogP contribution is -2.10. The Labute approximate surface area is 77.2 Å². The molecule has 1 aliphatic carbocycles. The van der Waals surface area contributed by atoms with Crippen LogP contribution in [0.1, 0.15) is 31.4 Å². The highest BCUT2D eigenvalue weighted by Crippen LogP contribution is 2.25. The van der Waals surface area contributed by atoms with Crippen molar-refractivity contribution in [2.45, 2.75) is 32.2 Å². The van der Waals surface area contributed by atoms with Crippen molar-refractivity contribution in [2.24, 2.45) is 5.92 Å². The average Bonchev–Trinajstić information content (AvgIpc) is 2.76. The van der Waals surface area contributed by atoms with E-state index >= 15 is 0 Å². The lowest BCUT2D eigenvalue weighted by molar-refractivity contribution is 0.419. The fraction of sp³-hybridized carbons (Fsp3) is 0.667. The van der Waals surface area contributed by atoms with Crippen LogP contribution in [-0.2, 0) is 6.54 Å². The summed E-state index contributed by atoms with van der Waals surface area (Å²) >= 11 is 0. The zero-order chi connectivity index (χ0) is 9.10. The Kier molecular flexibility index (Phi) is 2.26. The van der Waals surface area contributed by atoms with Crippen LogP contribution < -0.4 is 0 Å². The van der Waals surface area contributed by atoms with Gasteiger partial charge in [0, 0.05) is 6.54 Å². The van der Waals surface area contributed by atoms with Gasteiger partial charge in [0.25, 0.3) is 0 Å². The monoisotopic (exact) mass is 176 g/mol. The fourth-order valence-electron chi connectivity index (χ4n) is 1.92. The zero-order valence-corrected chi connectivity index (χ0v) is 7.48. The molecule has 1 aliphatic rings. The number of nitrogens with zero attached hydrogens (tertiary/aromatic N) is 4. The number of hydrogen-bond donors (Lipinski definition) is 0. The van der Waals surface area contributed by atoms with Gasteiger partial charge in [-0.15, -0.1) is 5.10 Å². The molecule has 1 aromatic heterocycles. The molecule has 1 fully saturated rings. The van der Waals surface area contributed by atoms with Gasteiger partial charge in [-0.3, -0.25) is 0 Å². The summed E-state index contributed by atoms with van der Waals surface area (Å²) in [7, 11) is 0. The first-order valence-corrected chi connectivity index (χ1v) is 4.69. The van der Waals surface area contributed by atoms with E-state index in [1.807, 2.05) is 0 Å².